The molecule has 0 unspecified atom stereocenters. The van der Waals surface area contributed by atoms with Crippen molar-refractivity contribution >= 4 is 7.82 Å². The largest absolute Gasteiger partial charge is 0 e. The summed E-state index contributed by atoms with van der Waals surface area (Å²) in [6.45, 7) is 0. The van der Waals surface area contributed by atoms with Crippen LogP contribution >= 0.6 is 7.82 Å². The van der Waals surface area contributed by atoms with Crippen LogP contribution in [0.2, 0.25) is 0 Å². The number of phosphoric acid groups is 1. The third-order valence-corrected chi connectivity index (χ3v) is 1.04. The molecule has 0 aromatic rings. The molecular weight excluding hydrogens is 316 g/mol. The smallest absolute Gasteiger partial charge is 0 e. The molecule has 9 heavy (non-hydrogen) atoms. The zero-order valence-electron chi connectivity index (χ0n) is 3.66. The van der Waals surface area contributed by atoms with E-state index < -0.39 is 7.82 Å². The molecule has 0 aliphatic carbocycles. The van der Waals surface area contributed by atoms with E-state index in [2.05, 4.69) is 19.9 Å². The first kappa shape index (κ1) is 22.5. The van der Waals surface area contributed by atoms with Crippen molar-refractivity contribution in [2.75, 3.05) is 0 Å². The maximum absolute atomic E-state index is 9.41. The van der Waals surface area contributed by atoms with Gasteiger partial charge >= 0.3 is 42.1 Å². The molecule has 0 bridgehead atoms. The molecule has 0 atom stereocenters. The summed E-state index contributed by atoms with van der Waals surface area (Å²) >= 11 is 2.49. The molecule has 0 spiro atoms. The Kier molecular flexibility index (Phi) is 25.9. The van der Waals surface area contributed by atoms with Crippen LogP contribution in [0.4, 0.5) is 0 Å². The maximum Gasteiger partial charge on any atom is 0 e. The molecular formula is H2CoFeNiO4PTi. The van der Waals surface area contributed by atoms with E-state index in [4.69, 9.17) is 9.79 Å². The fourth-order valence-electron chi connectivity index (χ4n) is 0. The topological polar surface area (TPSA) is 66.8 Å². The van der Waals surface area contributed by atoms with Crippen molar-refractivity contribution in [2.24, 2.45) is 0 Å². The van der Waals surface area contributed by atoms with Gasteiger partial charge in [0.15, 0.2) is 0 Å². The molecule has 2 N–H and O–H groups in total. The first-order valence-electron chi connectivity index (χ1n) is 0.909. The van der Waals surface area contributed by atoms with Crippen LogP contribution < -0.4 is 0 Å². The minimum atomic E-state index is -4.26. The predicted octanol–water partition coefficient (Wildman–Crippen LogP) is -0.450. The summed E-state index contributed by atoms with van der Waals surface area (Å²) < 4.78 is 12.8. The zero-order valence-corrected chi connectivity index (χ0v) is 9.25. The summed E-state index contributed by atoms with van der Waals surface area (Å²) in [5.74, 6) is 0. The Bertz CT molecular complexity index is 84.6. The van der Waals surface area contributed by atoms with E-state index in [1.807, 2.05) is 0 Å². The minimum absolute atomic E-state index is 0. The van der Waals surface area contributed by atoms with Gasteiger partial charge in [-0.05, 0) is 0 Å². The first-order chi connectivity index (χ1) is 2.56. The SMILES string of the molecule is O=P(O)(O)[O][Fe].[Co].[Ni].[Ti]. The van der Waals surface area contributed by atoms with Crippen LogP contribution in [0.3, 0.4) is 0 Å². The fourth-order valence-corrected chi connectivity index (χ4v) is 0. The molecule has 0 aliphatic heterocycles. The third-order valence-electron chi connectivity index (χ3n) is 0.0841. The molecule has 0 rings (SSSR count). The molecule has 0 fully saturated rings. The monoisotopic (exact) mass is 318 g/mol. The van der Waals surface area contributed by atoms with Crippen LogP contribution in [0, 0.1) is 0 Å². The van der Waals surface area contributed by atoms with Gasteiger partial charge in [-0.3, -0.25) is 0 Å². The van der Waals surface area contributed by atoms with Crippen LogP contribution in [0.5, 0.6) is 0 Å². The summed E-state index contributed by atoms with van der Waals surface area (Å²) in [5, 5.41) is 0. The Labute approximate surface area is 96.3 Å². The Morgan fingerprint density at radius 2 is 1.56 bits per heavy atom. The van der Waals surface area contributed by atoms with Crippen LogP contribution in [-0.2, 0) is 79.5 Å². The van der Waals surface area contributed by atoms with Crippen molar-refractivity contribution < 1.29 is 89.3 Å². The zero-order chi connectivity index (χ0) is 5.21. The van der Waals surface area contributed by atoms with Crippen molar-refractivity contribution in [3.8, 4) is 0 Å². The normalized spacial score (nSPS) is 7.89. The molecule has 9 heteroatoms. The molecule has 0 aromatic carbocycles. The van der Waals surface area contributed by atoms with Crippen LogP contribution in [-0.4, -0.2) is 9.79 Å². The van der Waals surface area contributed by atoms with E-state index in [1.54, 1.807) is 0 Å². The van der Waals surface area contributed by atoms with Crippen molar-refractivity contribution in [2.45, 2.75) is 0 Å². The van der Waals surface area contributed by atoms with Crippen molar-refractivity contribution in [1.82, 2.24) is 0 Å². The van der Waals surface area contributed by atoms with E-state index in [-0.39, 0.29) is 55.0 Å². The van der Waals surface area contributed by atoms with Gasteiger partial charge in [-0.15, -0.1) is 0 Å². The first-order valence-corrected chi connectivity index (χ1v) is 2.89. The van der Waals surface area contributed by atoms with E-state index in [9.17, 15) is 4.57 Å². The van der Waals surface area contributed by atoms with Crippen LogP contribution in [0.25, 0.3) is 0 Å². The number of hydrogen-bond acceptors (Lipinski definition) is 2. The molecule has 62 valence electrons. The Morgan fingerprint density at radius 3 is 1.56 bits per heavy atom. The van der Waals surface area contributed by atoms with Gasteiger partial charge in [0.05, 0.1) is 0 Å². The second-order valence-electron chi connectivity index (χ2n) is 0.555. The molecule has 0 saturated heterocycles. The van der Waals surface area contributed by atoms with E-state index in [0.29, 0.717) is 0 Å². The average molecular weight is 318 g/mol. The Balaban J connectivity index is -0.0000000417. The molecule has 0 aromatic heterocycles. The van der Waals surface area contributed by atoms with Gasteiger partial charge in [-0.1, -0.05) is 0 Å². The van der Waals surface area contributed by atoms with Gasteiger partial charge in [-0.25, -0.2) is 0 Å². The van der Waals surface area contributed by atoms with Crippen molar-refractivity contribution in [3.63, 3.8) is 0 Å². The van der Waals surface area contributed by atoms with E-state index in [1.165, 1.54) is 0 Å². The van der Waals surface area contributed by atoms with E-state index in [0.717, 1.165) is 0 Å². The second-order valence-corrected chi connectivity index (χ2v) is 2.27. The molecule has 0 saturated carbocycles. The predicted molar refractivity (Wildman–Crippen MR) is 13.1 cm³/mol. The number of rotatable bonds is 1. The van der Waals surface area contributed by atoms with Crippen molar-refractivity contribution in [3.05, 3.63) is 0 Å². The standard InChI is InChI=1S/Co.Fe.Ni.H3O4P.Ti/c;;;1-5(2,3)4;/h;;;(H3,1,2,3,4);/q;+1;;;/p-1. The quantitative estimate of drug-likeness (QED) is 0.508. The molecule has 4 nitrogen and oxygen atoms in total. The average Bonchev–Trinajstić information content (AvgIpc) is 1.35. The van der Waals surface area contributed by atoms with Gasteiger partial charge in [-0.2, -0.15) is 0 Å². The van der Waals surface area contributed by atoms with Gasteiger partial charge in [0, 0.05) is 55.0 Å². The van der Waals surface area contributed by atoms with Crippen LogP contribution in [0.1, 0.15) is 0 Å². The molecule has 1 radical (unpaired) electrons. The third kappa shape index (κ3) is 25.2. The van der Waals surface area contributed by atoms with Gasteiger partial charge in [0.2, 0.25) is 0 Å². The Morgan fingerprint density at radius 1 is 1.44 bits per heavy atom. The second kappa shape index (κ2) is 10.3. The minimum Gasteiger partial charge on any atom is 0 e. The molecule has 0 amide bonds. The summed E-state index contributed by atoms with van der Waals surface area (Å²) in [6.07, 6.45) is 0. The van der Waals surface area contributed by atoms with Gasteiger partial charge in [0.1, 0.15) is 0 Å². The van der Waals surface area contributed by atoms with Gasteiger partial charge in [0.25, 0.3) is 0 Å². The van der Waals surface area contributed by atoms with Crippen LogP contribution in [0.15, 0.2) is 0 Å². The fraction of sp³-hybridized carbons (Fsp3) is 0. The summed E-state index contributed by atoms with van der Waals surface area (Å²) in [4.78, 5) is 15.3. The number of hydrogen-bond donors (Lipinski definition) is 2. The Hall–Kier alpha value is 2.34. The van der Waals surface area contributed by atoms with Gasteiger partial charge < -0.3 is 0 Å². The van der Waals surface area contributed by atoms with Crippen molar-refractivity contribution in [1.29, 1.82) is 0 Å². The summed E-state index contributed by atoms with van der Waals surface area (Å²) in [5.41, 5.74) is 0. The molecule has 0 aliphatic rings. The summed E-state index contributed by atoms with van der Waals surface area (Å²) in [6, 6.07) is 0. The summed E-state index contributed by atoms with van der Waals surface area (Å²) in [7, 11) is -4.26. The van der Waals surface area contributed by atoms with E-state index >= 15 is 0 Å². The maximum atomic E-state index is 9.41. The molecule has 0 heterocycles.